The lowest BCUT2D eigenvalue weighted by molar-refractivity contribution is 0.192. The third kappa shape index (κ3) is 2.74. The molecule has 0 saturated carbocycles. The van der Waals surface area contributed by atoms with E-state index in [0.29, 0.717) is 24.0 Å². The van der Waals surface area contributed by atoms with Gasteiger partial charge in [-0.1, -0.05) is 6.42 Å². The van der Waals surface area contributed by atoms with Gasteiger partial charge in [-0.15, -0.1) is 0 Å². The number of hydrogen-bond acceptors (Lipinski definition) is 6. The van der Waals surface area contributed by atoms with Crippen LogP contribution in [0.4, 0.5) is 11.9 Å². The van der Waals surface area contributed by atoms with E-state index in [1.165, 1.54) is 32.4 Å². The molecule has 104 valence electrons. The van der Waals surface area contributed by atoms with Gasteiger partial charge in [-0.3, -0.25) is 4.90 Å². The number of hydrogen-bond donors (Lipinski definition) is 2. The van der Waals surface area contributed by atoms with Gasteiger partial charge in [0.05, 0.1) is 0 Å². The van der Waals surface area contributed by atoms with E-state index in [2.05, 4.69) is 30.5 Å². The smallest absolute Gasteiger partial charge is 0.229 e. The molecule has 2 saturated heterocycles. The van der Waals surface area contributed by atoms with E-state index in [0.717, 1.165) is 6.42 Å². The van der Waals surface area contributed by atoms with Crippen molar-refractivity contribution in [1.29, 1.82) is 0 Å². The molecule has 1 aromatic heterocycles. The third-order valence-corrected chi connectivity index (χ3v) is 4.17. The third-order valence-electron chi connectivity index (χ3n) is 4.00. The molecule has 2 fully saturated rings. The maximum absolute atomic E-state index is 5.90. The SMILES string of the molecule is CNc1nc(Cl)nc(NC2CCN3CCCCC23)n1. The zero-order chi connectivity index (χ0) is 13.2. The van der Waals surface area contributed by atoms with Crippen molar-refractivity contribution in [1.82, 2.24) is 19.9 Å². The zero-order valence-electron chi connectivity index (χ0n) is 11.1. The molecule has 2 unspecified atom stereocenters. The van der Waals surface area contributed by atoms with Gasteiger partial charge in [0.15, 0.2) is 0 Å². The first kappa shape index (κ1) is 12.9. The summed E-state index contributed by atoms with van der Waals surface area (Å²) < 4.78 is 0. The monoisotopic (exact) mass is 282 g/mol. The maximum Gasteiger partial charge on any atom is 0.229 e. The highest BCUT2D eigenvalue weighted by molar-refractivity contribution is 6.28. The van der Waals surface area contributed by atoms with Crippen molar-refractivity contribution < 1.29 is 0 Å². The van der Waals surface area contributed by atoms with Crippen molar-refractivity contribution in [2.75, 3.05) is 30.8 Å². The van der Waals surface area contributed by atoms with Crippen molar-refractivity contribution in [3.63, 3.8) is 0 Å². The Kier molecular flexibility index (Phi) is 3.70. The van der Waals surface area contributed by atoms with Crippen molar-refractivity contribution >= 4 is 23.5 Å². The van der Waals surface area contributed by atoms with Crippen LogP contribution in [0.15, 0.2) is 0 Å². The van der Waals surface area contributed by atoms with E-state index < -0.39 is 0 Å². The van der Waals surface area contributed by atoms with E-state index in [-0.39, 0.29) is 5.28 Å². The fourth-order valence-corrected chi connectivity index (χ4v) is 3.27. The summed E-state index contributed by atoms with van der Waals surface area (Å²) in [4.78, 5) is 15.0. The Balaban J connectivity index is 1.72. The van der Waals surface area contributed by atoms with Crippen LogP contribution in [0.2, 0.25) is 5.28 Å². The lowest BCUT2D eigenvalue weighted by atomic mass is 9.99. The number of anilines is 2. The lowest BCUT2D eigenvalue weighted by Crippen LogP contribution is -2.42. The zero-order valence-corrected chi connectivity index (χ0v) is 11.8. The topological polar surface area (TPSA) is 66.0 Å². The number of nitrogens with zero attached hydrogens (tertiary/aromatic N) is 4. The molecule has 19 heavy (non-hydrogen) atoms. The molecule has 0 radical (unpaired) electrons. The van der Waals surface area contributed by atoms with Crippen molar-refractivity contribution in [3.8, 4) is 0 Å². The van der Waals surface area contributed by atoms with Crippen LogP contribution in [0.5, 0.6) is 0 Å². The van der Waals surface area contributed by atoms with Crippen LogP contribution >= 0.6 is 11.6 Å². The summed E-state index contributed by atoms with van der Waals surface area (Å²) in [7, 11) is 1.77. The Morgan fingerprint density at radius 3 is 2.79 bits per heavy atom. The Hall–Kier alpha value is -1.14. The molecular weight excluding hydrogens is 264 g/mol. The van der Waals surface area contributed by atoms with Crippen LogP contribution in [0.3, 0.4) is 0 Å². The van der Waals surface area contributed by atoms with Crippen LogP contribution < -0.4 is 10.6 Å². The van der Waals surface area contributed by atoms with Gasteiger partial charge < -0.3 is 10.6 Å². The van der Waals surface area contributed by atoms with Crippen molar-refractivity contribution in [3.05, 3.63) is 5.28 Å². The summed E-state index contributed by atoms with van der Waals surface area (Å²) >= 11 is 5.90. The molecule has 2 aliphatic heterocycles. The fraction of sp³-hybridized carbons (Fsp3) is 0.750. The summed E-state index contributed by atoms with van der Waals surface area (Å²) in [5.41, 5.74) is 0. The molecule has 7 heteroatoms. The Bertz CT molecular complexity index is 454. The molecule has 3 rings (SSSR count). The first-order valence-corrected chi connectivity index (χ1v) is 7.24. The summed E-state index contributed by atoms with van der Waals surface area (Å²) in [6.07, 6.45) is 5.04. The highest BCUT2D eigenvalue weighted by atomic mass is 35.5. The summed E-state index contributed by atoms with van der Waals surface area (Å²) in [5, 5.41) is 6.54. The molecule has 2 aliphatic rings. The molecule has 0 bridgehead atoms. The van der Waals surface area contributed by atoms with Crippen LogP contribution in [0.1, 0.15) is 25.7 Å². The predicted octanol–water partition coefficient (Wildman–Crippen LogP) is 1.61. The number of rotatable bonds is 3. The van der Waals surface area contributed by atoms with Gasteiger partial charge >= 0.3 is 0 Å². The average Bonchev–Trinajstić information content (AvgIpc) is 2.82. The highest BCUT2D eigenvalue weighted by Gasteiger charge is 2.35. The van der Waals surface area contributed by atoms with Crippen molar-refractivity contribution in [2.45, 2.75) is 37.8 Å². The molecule has 2 N–H and O–H groups in total. The molecule has 2 atom stereocenters. The molecular formula is C12H19ClN6. The minimum Gasteiger partial charge on any atom is -0.357 e. The second-order valence-corrected chi connectivity index (χ2v) is 5.48. The average molecular weight is 283 g/mol. The van der Waals surface area contributed by atoms with E-state index in [4.69, 9.17) is 11.6 Å². The van der Waals surface area contributed by atoms with Gasteiger partial charge in [0, 0.05) is 25.7 Å². The largest absolute Gasteiger partial charge is 0.357 e. The maximum atomic E-state index is 5.90. The molecule has 0 spiro atoms. The van der Waals surface area contributed by atoms with Gasteiger partial charge in [-0.25, -0.2) is 0 Å². The van der Waals surface area contributed by atoms with E-state index >= 15 is 0 Å². The normalized spacial score (nSPS) is 27.1. The van der Waals surface area contributed by atoms with Crippen LogP contribution in [0, 0.1) is 0 Å². The molecule has 6 nitrogen and oxygen atoms in total. The number of piperidine rings is 1. The molecule has 0 aromatic carbocycles. The molecule has 3 heterocycles. The molecule has 0 aliphatic carbocycles. The van der Waals surface area contributed by atoms with Crippen LogP contribution in [-0.4, -0.2) is 52.1 Å². The second kappa shape index (κ2) is 5.46. The minimum atomic E-state index is 0.223. The fourth-order valence-electron chi connectivity index (χ4n) is 3.11. The van der Waals surface area contributed by atoms with Gasteiger partial charge in [-0.2, -0.15) is 15.0 Å². The second-order valence-electron chi connectivity index (χ2n) is 5.14. The lowest BCUT2D eigenvalue weighted by Gasteiger charge is -2.32. The van der Waals surface area contributed by atoms with Gasteiger partial charge in [-0.05, 0) is 37.4 Å². The van der Waals surface area contributed by atoms with Crippen LogP contribution in [0.25, 0.3) is 0 Å². The summed E-state index contributed by atoms with van der Waals surface area (Å²) in [6.45, 7) is 2.39. The Morgan fingerprint density at radius 1 is 1.11 bits per heavy atom. The summed E-state index contributed by atoms with van der Waals surface area (Å²) in [5.74, 6) is 1.07. The Morgan fingerprint density at radius 2 is 1.95 bits per heavy atom. The molecule has 0 amide bonds. The van der Waals surface area contributed by atoms with E-state index in [1.54, 1.807) is 7.05 Å². The van der Waals surface area contributed by atoms with Gasteiger partial charge in [0.25, 0.3) is 0 Å². The number of fused-ring (bicyclic) bond motifs is 1. The number of aromatic nitrogens is 3. The summed E-state index contributed by atoms with van der Waals surface area (Å²) in [6, 6.07) is 1.03. The number of nitrogens with one attached hydrogen (secondary N) is 2. The Labute approximate surface area is 118 Å². The van der Waals surface area contributed by atoms with E-state index in [1.807, 2.05) is 0 Å². The highest BCUT2D eigenvalue weighted by Crippen LogP contribution is 2.28. The van der Waals surface area contributed by atoms with Crippen LogP contribution in [-0.2, 0) is 0 Å². The predicted molar refractivity (Wildman–Crippen MR) is 75.6 cm³/mol. The van der Waals surface area contributed by atoms with Crippen molar-refractivity contribution in [2.24, 2.45) is 0 Å². The standard InChI is InChI=1S/C12H19ClN6/c1-14-11-16-10(13)17-12(18-11)15-8-5-7-19-6-3-2-4-9(8)19/h8-9H,2-7H2,1H3,(H2,14,15,16,17,18). The minimum absolute atomic E-state index is 0.223. The van der Waals surface area contributed by atoms with Gasteiger partial charge in [0.1, 0.15) is 0 Å². The number of halogens is 1. The first-order chi connectivity index (χ1) is 9.26. The molecule has 1 aromatic rings. The van der Waals surface area contributed by atoms with Gasteiger partial charge in [0.2, 0.25) is 17.2 Å². The first-order valence-electron chi connectivity index (χ1n) is 6.86. The quantitative estimate of drug-likeness (QED) is 0.878. The van der Waals surface area contributed by atoms with E-state index in [9.17, 15) is 0 Å².